The van der Waals surface area contributed by atoms with E-state index in [1.54, 1.807) is 6.92 Å². The van der Waals surface area contributed by atoms with Crippen LogP contribution in [0.15, 0.2) is 18.2 Å². The Bertz CT molecular complexity index is 655. The number of aryl methyl sites for hydroxylation is 1. The summed E-state index contributed by atoms with van der Waals surface area (Å²) in [7, 11) is 0. The van der Waals surface area contributed by atoms with Crippen LogP contribution >= 0.6 is 11.3 Å². The molecule has 1 aromatic heterocycles. The normalized spacial score (nSPS) is 11.4. The number of carbonyl (C=O) groups is 1. The van der Waals surface area contributed by atoms with Gasteiger partial charge in [0.15, 0.2) is 0 Å². The maximum atomic E-state index is 12.3. The number of alkyl halides is 3. The van der Waals surface area contributed by atoms with Crippen LogP contribution in [0.4, 0.5) is 13.2 Å². The molecule has 9 heteroatoms. The molecule has 0 radical (unpaired) electrons. The fraction of sp³-hybridized carbons (Fsp3) is 0.182. The van der Waals surface area contributed by atoms with Crippen molar-refractivity contribution < 1.29 is 27.8 Å². The summed E-state index contributed by atoms with van der Waals surface area (Å²) < 4.78 is 42.2. The molecule has 0 amide bonds. The van der Waals surface area contributed by atoms with Crippen molar-refractivity contribution in [3.8, 4) is 10.9 Å². The van der Waals surface area contributed by atoms with E-state index < -0.39 is 17.2 Å². The molecule has 0 saturated carbocycles. The zero-order valence-corrected chi connectivity index (χ0v) is 10.7. The van der Waals surface area contributed by atoms with Crippen LogP contribution in [0.1, 0.15) is 20.9 Å². The summed E-state index contributed by atoms with van der Waals surface area (Å²) in [6.07, 6.45) is -4.57. The Balaban J connectivity index is 2.22. The largest absolute Gasteiger partial charge is 0.478 e. The Hall–Kier alpha value is -2.16. The van der Waals surface area contributed by atoms with Crippen LogP contribution in [0.3, 0.4) is 0 Å². The van der Waals surface area contributed by atoms with Crippen molar-refractivity contribution in [3.05, 3.63) is 34.3 Å². The standard InChI is InChI=1S/C11H7F3N2O3S/c1-5-4-6(8(17)18)2-3-7(5)19-10-16-15-9(20-10)11(12,13)14/h2-4H,1H3,(H,17,18). The highest BCUT2D eigenvalue weighted by atomic mass is 32.1. The highest BCUT2D eigenvalue weighted by Gasteiger charge is 2.36. The molecule has 0 unspecified atom stereocenters. The van der Waals surface area contributed by atoms with E-state index >= 15 is 0 Å². The van der Waals surface area contributed by atoms with Crippen LogP contribution in [0, 0.1) is 6.92 Å². The lowest BCUT2D eigenvalue weighted by molar-refractivity contribution is -0.138. The average molecular weight is 304 g/mol. The smallest absolute Gasteiger partial charge is 0.445 e. The van der Waals surface area contributed by atoms with Crippen LogP contribution < -0.4 is 4.74 Å². The molecule has 0 fully saturated rings. The minimum Gasteiger partial charge on any atom is -0.478 e. The molecular weight excluding hydrogens is 297 g/mol. The maximum Gasteiger partial charge on any atom is 0.445 e. The van der Waals surface area contributed by atoms with Gasteiger partial charge in [0.05, 0.1) is 5.56 Å². The number of rotatable bonds is 3. The molecule has 1 N–H and O–H groups in total. The number of carboxylic acids is 1. The first-order valence-electron chi connectivity index (χ1n) is 5.20. The molecule has 0 bridgehead atoms. The predicted molar refractivity (Wildman–Crippen MR) is 63.1 cm³/mol. The predicted octanol–water partition coefficient (Wildman–Crippen LogP) is 3.36. The van der Waals surface area contributed by atoms with E-state index in [2.05, 4.69) is 10.2 Å². The number of hydrogen-bond donors (Lipinski definition) is 1. The van der Waals surface area contributed by atoms with Gasteiger partial charge in [-0.05, 0) is 30.7 Å². The van der Waals surface area contributed by atoms with Gasteiger partial charge in [-0.25, -0.2) is 4.79 Å². The molecule has 20 heavy (non-hydrogen) atoms. The quantitative estimate of drug-likeness (QED) is 0.941. The van der Waals surface area contributed by atoms with E-state index in [0.29, 0.717) is 5.56 Å². The Kier molecular flexibility index (Phi) is 3.62. The van der Waals surface area contributed by atoms with Gasteiger partial charge in [-0.3, -0.25) is 0 Å². The molecule has 0 aliphatic rings. The number of benzene rings is 1. The molecule has 0 atom stereocenters. The SMILES string of the molecule is Cc1cc(C(=O)O)ccc1Oc1nnc(C(F)(F)F)s1. The van der Waals surface area contributed by atoms with Crippen LogP contribution in [0.5, 0.6) is 10.9 Å². The van der Waals surface area contributed by atoms with E-state index in [4.69, 9.17) is 9.84 Å². The molecule has 0 saturated heterocycles. The van der Waals surface area contributed by atoms with Crippen molar-refractivity contribution in [2.75, 3.05) is 0 Å². The number of halogens is 3. The van der Waals surface area contributed by atoms with Gasteiger partial charge >= 0.3 is 12.1 Å². The fourth-order valence-corrected chi connectivity index (χ4v) is 1.93. The summed E-state index contributed by atoms with van der Waals surface area (Å²) in [6, 6.07) is 3.99. The zero-order chi connectivity index (χ0) is 14.9. The molecular formula is C11H7F3N2O3S. The molecule has 5 nitrogen and oxygen atoms in total. The number of aromatic nitrogens is 2. The Morgan fingerprint density at radius 3 is 2.55 bits per heavy atom. The van der Waals surface area contributed by atoms with Gasteiger partial charge in [0.1, 0.15) is 5.75 Å². The number of carboxylic acid groups (broad SMARTS) is 1. The minimum atomic E-state index is -4.57. The topological polar surface area (TPSA) is 72.3 Å². The second-order valence-electron chi connectivity index (χ2n) is 3.76. The van der Waals surface area contributed by atoms with Crippen LogP contribution in [-0.4, -0.2) is 21.3 Å². The Morgan fingerprint density at radius 2 is 2.05 bits per heavy atom. The van der Waals surface area contributed by atoms with Crippen molar-refractivity contribution in [3.63, 3.8) is 0 Å². The zero-order valence-electron chi connectivity index (χ0n) is 9.93. The number of ether oxygens (including phenoxy) is 1. The van der Waals surface area contributed by atoms with E-state index in [1.807, 2.05) is 0 Å². The summed E-state index contributed by atoms with van der Waals surface area (Å²) in [5.41, 5.74) is 0.525. The van der Waals surface area contributed by atoms with Crippen LogP contribution in [-0.2, 0) is 6.18 Å². The van der Waals surface area contributed by atoms with E-state index in [-0.39, 0.29) is 27.8 Å². The third-order valence-corrected chi connectivity index (χ3v) is 3.11. The average Bonchev–Trinajstić information content (AvgIpc) is 2.80. The van der Waals surface area contributed by atoms with E-state index in [0.717, 1.165) is 0 Å². The van der Waals surface area contributed by atoms with Gasteiger partial charge < -0.3 is 9.84 Å². The van der Waals surface area contributed by atoms with Gasteiger partial charge in [0.25, 0.3) is 5.19 Å². The first kappa shape index (κ1) is 14.3. The third kappa shape index (κ3) is 3.05. The highest BCUT2D eigenvalue weighted by molar-refractivity contribution is 7.13. The molecule has 106 valence electrons. The molecule has 0 aliphatic heterocycles. The summed E-state index contributed by atoms with van der Waals surface area (Å²) in [4.78, 5) is 10.8. The summed E-state index contributed by atoms with van der Waals surface area (Å²) in [5.74, 6) is -0.880. The minimum absolute atomic E-state index is 0.0584. The van der Waals surface area contributed by atoms with Gasteiger partial charge in [-0.1, -0.05) is 16.4 Å². The molecule has 0 aliphatic carbocycles. The first-order chi connectivity index (χ1) is 9.27. The Morgan fingerprint density at radius 1 is 1.35 bits per heavy atom. The summed E-state index contributed by atoms with van der Waals surface area (Å²) in [5, 5.41) is 13.7. The highest BCUT2D eigenvalue weighted by Crippen LogP contribution is 2.36. The van der Waals surface area contributed by atoms with Gasteiger partial charge in [0, 0.05) is 0 Å². The van der Waals surface area contributed by atoms with Crippen molar-refractivity contribution in [1.29, 1.82) is 0 Å². The number of hydrogen-bond acceptors (Lipinski definition) is 5. The molecule has 2 rings (SSSR count). The molecule has 1 aromatic carbocycles. The van der Waals surface area contributed by atoms with Crippen molar-refractivity contribution >= 4 is 17.3 Å². The van der Waals surface area contributed by atoms with Crippen molar-refractivity contribution in [2.45, 2.75) is 13.1 Å². The lowest BCUT2D eigenvalue weighted by Gasteiger charge is -2.05. The number of aromatic carboxylic acids is 1. The van der Waals surface area contributed by atoms with Gasteiger partial charge in [0.2, 0.25) is 5.01 Å². The molecule has 1 heterocycles. The fourth-order valence-electron chi connectivity index (χ4n) is 1.36. The molecule has 0 spiro atoms. The second kappa shape index (κ2) is 5.08. The van der Waals surface area contributed by atoms with Crippen LogP contribution in [0.25, 0.3) is 0 Å². The summed E-state index contributed by atoms with van der Waals surface area (Å²) >= 11 is 0.268. The number of nitrogens with zero attached hydrogens (tertiary/aromatic N) is 2. The summed E-state index contributed by atoms with van der Waals surface area (Å²) in [6.45, 7) is 1.58. The van der Waals surface area contributed by atoms with Gasteiger partial charge in [-0.15, -0.1) is 5.10 Å². The van der Waals surface area contributed by atoms with E-state index in [9.17, 15) is 18.0 Å². The third-order valence-electron chi connectivity index (χ3n) is 2.27. The van der Waals surface area contributed by atoms with Crippen LogP contribution in [0.2, 0.25) is 0 Å². The van der Waals surface area contributed by atoms with Gasteiger partial charge in [-0.2, -0.15) is 13.2 Å². The van der Waals surface area contributed by atoms with Crippen molar-refractivity contribution in [1.82, 2.24) is 10.2 Å². The van der Waals surface area contributed by atoms with E-state index in [1.165, 1.54) is 18.2 Å². The van der Waals surface area contributed by atoms with Crippen molar-refractivity contribution in [2.24, 2.45) is 0 Å². The lowest BCUT2D eigenvalue weighted by Crippen LogP contribution is -2.03. The second-order valence-corrected chi connectivity index (χ2v) is 4.70. The molecule has 2 aromatic rings. The monoisotopic (exact) mass is 304 g/mol. The lowest BCUT2D eigenvalue weighted by atomic mass is 10.1. The first-order valence-corrected chi connectivity index (χ1v) is 6.01. The Labute approximate surface area is 114 Å². The maximum absolute atomic E-state index is 12.3.